The predicted octanol–water partition coefficient (Wildman–Crippen LogP) is 3.90. The predicted molar refractivity (Wildman–Crippen MR) is 144 cm³/mol. The molecule has 3 aromatic rings. The zero-order chi connectivity index (χ0) is 29.0. The molecule has 3 aromatic carbocycles. The van der Waals surface area contributed by atoms with Gasteiger partial charge in [0.15, 0.2) is 23.0 Å². The number of phenolic OH excluding ortho intramolecular Hbond substituents is 2. The third-order valence-corrected chi connectivity index (χ3v) is 7.18. The molecule has 1 aliphatic rings. The van der Waals surface area contributed by atoms with Crippen molar-refractivity contribution in [3.63, 3.8) is 0 Å². The van der Waals surface area contributed by atoms with Crippen LogP contribution in [0.1, 0.15) is 16.7 Å². The maximum atomic E-state index is 13.7. The van der Waals surface area contributed by atoms with E-state index in [9.17, 15) is 24.2 Å². The Hall–Kier alpha value is -4.47. The van der Waals surface area contributed by atoms with Crippen LogP contribution in [0.5, 0.6) is 34.5 Å². The van der Waals surface area contributed by atoms with Gasteiger partial charge in [0, 0.05) is 6.54 Å². The van der Waals surface area contributed by atoms with Crippen molar-refractivity contribution < 1.29 is 43.1 Å². The molecule has 4 rings (SSSR count). The van der Waals surface area contributed by atoms with Gasteiger partial charge in [-0.25, -0.2) is 4.39 Å². The Kier molecular flexibility index (Phi) is 8.67. The van der Waals surface area contributed by atoms with Crippen LogP contribution in [0.2, 0.25) is 0 Å². The topological polar surface area (TPSA) is 115 Å². The molecule has 0 bridgehead atoms. The van der Waals surface area contributed by atoms with Gasteiger partial charge in [-0.05, 0) is 72.4 Å². The minimum absolute atomic E-state index is 0.140. The van der Waals surface area contributed by atoms with Crippen molar-refractivity contribution in [2.45, 2.75) is 19.3 Å². The maximum absolute atomic E-state index is 13.7. The van der Waals surface area contributed by atoms with Gasteiger partial charge in [-0.15, -0.1) is 0 Å². The Morgan fingerprint density at radius 3 is 1.40 bits per heavy atom. The maximum Gasteiger partial charge on any atom is 0.233 e. The molecule has 1 saturated heterocycles. The minimum Gasteiger partial charge on any atom is -0.502 e. The van der Waals surface area contributed by atoms with Crippen LogP contribution in [0, 0.1) is 17.7 Å². The summed E-state index contributed by atoms with van der Waals surface area (Å²) in [4.78, 5) is 28.7. The molecule has 212 valence electrons. The van der Waals surface area contributed by atoms with Crippen LogP contribution in [-0.2, 0) is 28.9 Å². The van der Waals surface area contributed by atoms with Gasteiger partial charge in [0.2, 0.25) is 23.3 Å². The summed E-state index contributed by atoms with van der Waals surface area (Å²) in [5.74, 6) is -2.08. The van der Waals surface area contributed by atoms with Gasteiger partial charge in [0.25, 0.3) is 0 Å². The summed E-state index contributed by atoms with van der Waals surface area (Å²) >= 11 is 0. The van der Waals surface area contributed by atoms with E-state index >= 15 is 0 Å². The second kappa shape index (κ2) is 12.1. The number of hydrogen-bond acceptors (Lipinski definition) is 8. The summed E-state index contributed by atoms with van der Waals surface area (Å²) in [7, 11) is 5.64. The standard InChI is InChI=1S/C30H32FNO8/c1-37-23-13-18(14-24(38-2)27(23)33)11-21-22(12-19-15-25(39-3)28(34)26(16-19)40-4)30(36)32(29(21)35)10-9-17-5-7-20(31)8-6-17/h5-8,13-16,21-22,33-34H,9-12H2,1-4H3/t21-,22-/m1/s1. The van der Waals surface area contributed by atoms with Crippen molar-refractivity contribution in [1.82, 2.24) is 4.90 Å². The highest BCUT2D eigenvalue weighted by Gasteiger charge is 2.47. The van der Waals surface area contributed by atoms with Gasteiger partial charge in [-0.1, -0.05) is 12.1 Å². The van der Waals surface area contributed by atoms with E-state index in [0.717, 1.165) is 5.56 Å². The summed E-state index contributed by atoms with van der Waals surface area (Å²) in [6, 6.07) is 12.4. The van der Waals surface area contributed by atoms with Crippen LogP contribution < -0.4 is 18.9 Å². The van der Waals surface area contributed by atoms with E-state index in [1.165, 1.54) is 45.5 Å². The van der Waals surface area contributed by atoms with Crippen molar-refractivity contribution in [3.8, 4) is 34.5 Å². The number of nitrogens with zero attached hydrogens (tertiary/aromatic N) is 1. The number of methoxy groups -OCH3 is 4. The van der Waals surface area contributed by atoms with Crippen molar-refractivity contribution >= 4 is 11.8 Å². The molecule has 0 unspecified atom stereocenters. The van der Waals surface area contributed by atoms with Crippen LogP contribution >= 0.6 is 0 Å². The van der Waals surface area contributed by atoms with Gasteiger partial charge in [0.1, 0.15) is 5.82 Å². The van der Waals surface area contributed by atoms with Gasteiger partial charge in [0.05, 0.1) is 40.3 Å². The number of carbonyl (C=O) groups is 2. The fraction of sp³-hybridized carbons (Fsp3) is 0.333. The number of carbonyl (C=O) groups excluding carboxylic acids is 2. The molecule has 2 atom stereocenters. The Balaban J connectivity index is 1.68. The number of imide groups is 1. The average Bonchev–Trinajstić information content (AvgIpc) is 3.17. The smallest absolute Gasteiger partial charge is 0.233 e. The summed E-state index contributed by atoms with van der Waals surface area (Å²) < 4.78 is 34.4. The number of rotatable bonds is 11. The number of hydrogen-bond donors (Lipinski definition) is 2. The average molecular weight is 554 g/mol. The van der Waals surface area contributed by atoms with Crippen molar-refractivity contribution in [1.29, 1.82) is 0 Å². The zero-order valence-corrected chi connectivity index (χ0v) is 22.8. The van der Waals surface area contributed by atoms with Crippen molar-refractivity contribution in [3.05, 3.63) is 71.0 Å². The molecular formula is C30H32FNO8. The number of phenols is 2. The van der Waals surface area contributed by atoms with E-state index in [0.29, 0.717) is 17.5 Å². The molecule has 10 heteroatoms. The molecule has 9 nitrogen and oxygen atoms in total. The molecule has 0 aliphatic carbocycles. The highest BCUT2D eigenvalue weighted by molar-refractivity contribution is 6.05. The van der Waals surface area contributed by atoms with Crippen LogP contribution in [0.15, 0.2) is 48.5 Å². The van der Waals surface area contributed by atoms with E-state index in [4.69, 9.17) is 18.9 Å². The molecule has 2 N–H and O–H groups in total. The lowest BCUT2D eigenvalue weighted by Gasteiger charge is -2.18. The normalized spacial score (nSPS) is 16.8. The Labute approximate surface area is 231 Å². The fourth-order valence-corrected chi connectivity index (χ4v) is 5.06. The van der Waals surface area contributed by atoms with E-state index in [1.54, 1.807) is 36.4 Å². The van der Waals surface area contributed by atoms with E-state index < -0.39 is 11.8 Å². The third kappa shape index (κ3) is 5.75. The van der Waals surface area contributed by atoms with Gasteiger partial charge in [-0.3, -0.25) is 14.5 Å². The number of halogens is 1. The Morgan fingerprint density at radius 1 is 0.675 bits per heavy atom. The van der Waals surface area contributed by atoms with Crippen LogP contribution in [0.3, 0.4) is 0 Å². The lowest BCUT2D eigenvalue weighted by atomic mass is 9.84. The van der Waals surface area contributed by atoms with Crippen molar-refractivity contribution in [2.75, 3.05) is 35.0 Å². The molecule has 0 radical (unpaired) electrons. The monoisotopic (exact) mass is 553 g/mol. The van der Waals surface area contributed by atoms with Crippen molar-refractivity contribution in [2.24, 2.45) is 11.8 Å². The number of amides is 2. The molecular weight excluding hydrogens is 521 g/mol. The van der Waals surface area contributed by atoms with Crippen LogP contribution in [0.4, 0.5) is 4.39 Å². The SMILES string of the molecule is COc1cc(C[C@H]2C(=O)N(CCc3ccc(F)cc3)C(=O)[C@@H]2Cc2cc(OC)c(O)c(OC)c2)cc(OC)c1O. The second-order valence-electron chi connectivity index (χ2n) is 9.52. The quantitative estimate of drug-likeness (QED) is 0.344. The molecule has 1 fully saturated rings. The van der Waals surface area contributed by atoms with E-state index in [2.05, 4.69) is 0 Å². The highest BCUT2D eigenvalue weighted by Crippen LogP contribution is 2.42. The fourth-order valence-electron chi connectivity index (χ4n) is 5.06. The Bertz CT molecular complexity index is 1260. The van der Waals surface area contributed by atoms with E-state index in [-0.39, 0.29) is 71.5 Å². The van der Waals surface area contributed by atoms with Gasteiger partial charge in [-0.2, -0.15) is 0 Å². The minimum atomic E-state index is -0.731. The first-order valence-electron chi connectivity index (χ1n) is 12.7. The first kappa shape index (κ1) is 28.5. The number of aromatic hydroxyl groups is 2. The number of likely N-dealkylation sites (tertiary alicyclic amines) is 1. The molecule has 1 heterocycles. The lowest BCUT2D eigenvalue weighted by molar-refractivity contribution is -0.139. The zero-order valence-electron chi connectivity index (χ0n) is 22.8. The molecule has 2 amide bonds. The summed E-state index contributed by atoms with van der Waals surface area (Å²) in [5, 5.41) is 20.7. The third-order valence-electron chi connectivity index (χ3n) is 7.18. The molecule has 0 aromatic heterocycles. The second-order valence-corrected chi connectivity index (χ2v) is 9.52. The molecule has 0 saturated carbocycles. The number of ether oxygens (including phenoxy) is 4. The first-order chi connectivity index (χ1) is 19.2. The molecule has 1 aliphatic heterocycles. The number of benzene rings is 3. The highest BCUT2D eigenvalue weighted by atomic mass is 19.1. The van der Waals surface area contributed by atoms with Crippen LogP contribution in [-0.4, -0.2) is 61.9 Å². The Morgan fingerprint density at radius 2 is 1.05 bits per heavy atom. The lowest BCUT2D eigenvalue weighted by Crippen LogP contribution is -2.33. The molecule has 40 heavy (non-hydrogen) atoms. The van der Waals surface area contributed by atoms with Gasteiger partial charge < -0.3 is 29.2 Å². The summed E-state index contributed by atoms with van der Waals surface area (Å²) in [6.07, 6.45) is 0.738. The largest absolute Gasteiger partial charge is 0.502 e. The summed E-state index contributed by atoms with van der Waals surface area (Å²) in [6.45, 7) is 0.140. The van der Waals surface area contributed by atoms with Crippen LogP contribution in [0.25, 0.3) is 0 Å². The van der Waals surface area contributed by atoms with Gasteiger partial charge >= 0.3 is 0 Å². The first-order valence-corrected chi connectivity index (χ1v) is 12.7. The molecule has 0 spiro atoms. The summed E-state index contributed by atoms with van der Waals surface area (Å²) in [5.41, 5.74) is 2.08. The van der Waals surface area contributed by atoms with E-state index in [1.807, 2.05) is 0 Å².